The van der Waals surface area contributed by atoms with E-state index >= 15 is 0 Å². The molecule has 0 spiro atoms. The Morgan fingerprint density at radius 2 is 1.95 bits per heavy atom. The van der Waals surface area contributed by atoms with Crippen LogP contribution in [0.2, 0.25) is 0 Å². The van der Waals surface area contributed by atoms with Gasteiger partial charge in [-0.2, -0.15) is 0 Å². The van der Waals surface area contributed by atoms with Gasteiger partial charge in [0.1, 0.15) is 5.82 Å². The number of hydrogen-bond acceptors (Lipinski definition) is 2. The lowest BCUT2D eigenvalue weighted by Gasteiger charge is -2.22. The third-order valence-electron chi connectivity index (χ3n) is 4.10. The van der Waals surface area contributed by atoms with Crippen LogP contribution in [0, 0.1) is 0 Å². The van der Waals surface area contributed by atoms with Gasteiger partial charge in [0.25, 0.3) is 12.3 Å². The van der Waals surface area contributed by atoms with Gasteiger partial charge in [-0.1, -0.05) is 30.3 Å². The molecule has 22 heavy (non-hydrogen) atoms. The molecule has 1 amide bonds. The summed E-state index contributed by atoms with van der Waals surface area (Å²) in [4.78, 5) is 17.9. The Kier molecular flexibility index (Phi) is 3.68. The molecule has 1 unspecified atom stereocenters. The molecule has 1 atom stereocenters. The van der Waals surface area contributed by atoms with Gasteiger partial charge in [0.2, 0.25) is 0 Å². The van der Waals surface area contributed by atoms with E-state index in [1.165, 1.54) is 4.90 Å². The van der Waals surface area contributed by atoms with Crippen LogP contribution < -0.4 is 0 Å². The summed E-state index contributed by atoms with van der Waals surface area (Å²) in [7, 11) is 1.83. The summed E-state index contributed by atoms with van der Waals surface area (Å²) < 4.78 is 27.1. The first kappa shape index (κ1) is 14.7. The van der Waals surface area contributed by atoms with Crippen LogP contribution in [-0.4, -0.2) is 33.3 Å². The number of alkyl halides is 2. The predicted octanol–water partition coefficient (Wildman–Crippen LogP) is 2.79. The van der Waals surface area contributed by atoms with Crippen LogP contribution in [0.4, 0.5) is 8.78 Å². The fourth-order valence-corrected chi connectivity index (χ4v) is 2.98. The molecule has 0 aliphatic carbocycles. The summed E-state index contributed by atoms with van der Waals surface area (Å²) in [6.07, 6.45) is -1.93. The van der Waals surface area contributed by atoms with E-state index in [9.17, 15) is 13.6 Å². The lowest BCUT2D eigenvalue weighted by atomic mass is 10.1. The normalized spacial score (nSPS) is 17.4. The van der Waals surface area contributed by atoms with Gasteiger partial charge >= 0.3 is 0 Å². The van der Waals surface area contributed by atoms with Gasteiger partial charge < -0.3 is 9.47 Å². The highest BCUT2D eigenvalue weighted by Crippen LogP contribution is 2.34. The van der Waals surface area contributed by atoms with Gasteiger partial charge in [0.15, 0.2) is 5.69 Å². The Morgan fingerprint density at radius 1 is 1.27 bits per heavy atom. The summed E-state index contributed by atoms with van der Waals surface area (Å²) in [6, 6.07) is 9.45. The summed E-state index contributed by atoms with van der Waals surface area (Å²) >= 11 is 0. The molecule has 2 heterocycles. The maximum absolute atomic E-state index is 12.6. The predicted molar refractivity (Wildman–Crippen MR) is 77.9 cm³/mol. The first-order chi connectivity index (χ1) is 10.5. The van der Waals surface area contributed by atoms with Crippen molar-refractivity contribution in [2.24, 2.45) is 7.05 Å². The number of halogens is 2. The summed E-state index contributed by atoms with van der Waals surface area (Å²) in [5.41, 5.74) is 2.12. The van der Waals surface area contributed by atoms with Crippen molar-refractivity contribution in [1.29, 1.82) is 0 Å². The van der Waals surface area contributed by atoms with Crippen molar-refractivity contribution in [3.05, 3.63) is 53.1 Å². The van der Waals surface area contributed by atoms with Crippen LogP contribution in [0.1, 0.15) is 40.5 Å². The summed E-state index contributed by atoms with van der Waals surface area (Å²) in [6.45, 7) is 1.21. The van der Waals surface area contributed by atoms with Crippen LogP contribution in [0.25, 0.3) is 0 Å². The molecule has 0 bridgehead atoms. The maximum atomic E-state index is 12.6. The highest BCUT2D eigenvalue weighted by Gasteiger charge is 2.40. The molecule has 1 aromatic heterocycles. The smallest absolute Gasteiger partial charge is 0.275 e. The standard InChI is InChI=1S/C16H17F2N3O/c1-10-15-14(16(22)21(10)9-12(17)18)19-13(20(15)2)8-11-6-4-3-5-7-11/h3-7,10,12H,8-9H2,1-2H3. The maximum Gasteiger partial charge on any atom is 0.275 e. The van der Waals surface area contributed by atoms with Gasteiger partial charge in [-0.05, 0) is 12.5 Å². The number of rotatable bonds is 4. The average Bonchev–Trinajstić information content (AvgIpc) is 2.91. The van der Waals surface area contributed by atoms with E-state index in [0.717, 1.165) is 17.1 Å². The summed E-state index contributed by atoms with van der Waals surface area (Å²) in [5.74, 6) is 0.366. The van der Waals surface area contributed by atoms with Crippen molar-refractivity contribution in [1.82, 2.24) is 14.5 Å². The zero-order valence-electron chi connectivity index (χ0n) is 12.5. The Balaban J connectivity index is 1.90. The molecule has 116 valence electrons. The van der Waals surface area contributed by atoms with Gasteiger partial charge in [-0.25, -0.2) is 13.8 Å². The van der Waals surface area contributed by atoms with Crippen LogP contribution in [0.15, 0.2) is 30.3 Å². The van der Waals surface area contributed by atoms with E-state index in [1.807, 2.05) is 41.9 Å². The van der Waals surface area contributed by atoms with E-state index in [1.54, 1.807) is 6.92 Å². The van der Waals surface area contributed by atoms with E-state index in [4.69, 9.17) is 0 Å². The molecule has 0 saturated heterocycles. The Labute approximate surface area is 127 Å². The fourth-order valence-electron chi connectivity index (χ4n) is 2.98. The SMILES string of the molecule is CC1c2c(nc(Cc3ccccc3)n2C)C(=O)N1CC(F)F. The number of benzene rings is 1. The molecule has 0 radical (unpaired) electrons. The van der Waals surface area contributed by atoms with Crippen molar-refractivity contribution < 1.29 is 13.6 Å². The number of hydrogen-bond donors (Lipinski definition) is 0. The molecule has 0 N–H and O–H groups in total. The second-order valence-electron chi connectivity index (χ2n) is 5.51. The van der Waals surface area contributed by atoms with Gasteiger partial charge in [-0.3, -0.25) is 4.79 Å². The van der Waals surface area contributed by atoms with Crippen LogP contribution in [-0.2, 0) is 13.5 Å². The average molecular weight is 305 g/mol. The minimum atomic E-state index is -2.54. The summed E-state index contributed by atoms with van der Waals surface area (Å²) in [5, 5.41) is 0. The zero-order chi connectivity index (χ0) is 15.9. The highest BCUT2D eigenvalue weighted by molar-refractivity contribution is 5.97. The van der Waals surface area contributed by atoms with Crippen molar-refractivity contribution >= 4 is 5.91 Å². The number of carbonyl (C=O) groups excluding carboxylic acids is 1. The third-order valence-corrected chi connectivity index (χ3v) is 4.10. The molecule has 6 heteroatoms. The van der Waals surface area contributed by atoms with E-state index in [0.29, 0.717) is 12.1 Å². The molecule has 1 aliphatic heterocycles. The van der Waals surface area contributed by atoms with Crippen molar-refractivity contribution in [3.8, 4) is 0 Å². The molecule has 1 aliphatic rings. The van der Waals surface area contributed by atoms with E-state index in [2.05, 4.69) is 4.98 Å². The first-order valence-electron chi connectivity index (χ1n) is 7.17. The number of amides is 1. The fraction of sp³-hybridized carbons (Fsp3) is 0.375. The minimum absolute atomic E-state index is 0.307. The molecule has 0 fully saturated rings. The van der Waals surface area contributed by atoms with E-state index in [-0.39, 0.29) is 6.04 Å². The van der Waals surface area contributed by atoms with Gasteiger partial charge in [0, 0.05) is 13.5 Å². The molecule has 0 saturated carbocycles. The first-order valence-corrected chi connectivity index (χ1v) is 7.17. The molecule has 1 aromatic carbocycles. The lowest BCUT2D eigenvalue weighted by molar-refractivity contribution is 0.0498. The highest BCUT2D eigenvalue weighted by atomic mass is 19.3. The van der Waals surface area contributed by atoms with Crippen LogP contribution >= 0.6 is 0 Å². The molecule has 4 nitrogen and oxygen atoms in total. The second kappa shape index (κ2) is 5.51. The Hall–Kier alpha value is -2.24. The Morgan fingerprint density at radius 3 is 2.55 bits per heavy atom. The molecular formula is C16H17F2N3O. The molecule has 3 rings (SSSR count). The topological polar surface area (TPSA) is 38.1 Å². The molecule has 2 aromatic rings. The number of imidazole rings is 1. The number of carbonyl (C=O) groups is 1. The quantitative estimate of drug-likeness (QED) is 0.871. The second-order valence-corrected chi connectivity index (χ2v) is 5.51. The van der Waals surface area contributed by atoms with Crippen molar-refractivity contribution in [2.45, 2.75) is 25.8 Å². The van der Waals surface area contributed by atoms with Crippen molar-refractivity contribution in [2.75, 3.05) is 6.54 Å². The van der Waals surface area contributed by atoms with Gasteiger partial charge in [0.05, 0.1) is 18.3 Å². The molecular weight excluding hydrogens is 288 g/mol. The zero-order valence-corrected chi connectivity index (χ0v) is 12.5. The van der Waals surface area contributed by atoms with Crippen LogP contribution in [0.5, 0.6) is 0 Å². The third kappa shape index (κ3) is 2.38. The largest absolute Gasteiger partial charge is 0.332 e. The number of aromatic nitrogens is 2. The van der Waals surface area contributed by atoms with Crippen molar-refractivity contribution in [3.63, 3.8) is 0 Å². The minimum Gasteiger partial charge on any atom is -0.332 e. The number of nitrogens with zero attached hydrogens (tertiary/aromatic N) is 3. The lowest BCUT2D eigenvalue weighted by Crippen LogP contribution is -2.32. The van der Waals surface area contributed by atoms with Gasteiger partial charge in [-0.15, -0.1) is 0 Å². The Bertz CT molecular complexity index is 697. The van der Waals surface area contributed by atoms with E-state index < -0.39 is 18.9 Å². The van der Waals surface area contributed by atoms with Crippen LogP contribution in [0.3, 0.4) is 0 Å². The number of fused-ring (bicyclic) bond motifs is 1. The monoisotopic (exact) mass is 305 g/mol.